The van der Waals surface area contributed by atoms with Crippen molar-refractivity contribution in [3.8, 4) is 0 Å². The van der Waals surface area contributed by atoms with E-state index in [0.717, 1.165) is 23.2 Å². The predicted molar refractivity (Wildman–Crippen MR) is 64.1 cm³/mol. The van der Waals surface area contributed by atoms with Crippen molar-refractivity contribution in [3.05, 3.63) is 28.2 Å². The highest BCUT2D eigenvalue weighted by Gasteiger charge is 2.14. The molecule has 0 unspecified atom stereocenters. The normalized spacial score (nSPS) is 16.2. The fourth-order valence-electron chi connectivity index (χ4n) is 1.70. The van der Waals surface area contributed by atoms with E-state index in [0.29, 0.717) is 18.8 Å². The minimum atomic E-state index is -0.907. The molecule has 0 aromatic heterocycles. The smallest absolute Gasteiger partial charge is 0.335 e. The third-order valence-electron chi connectivity index (χ3n) is 2.51. The Morgan fingerprint density at radius 2 is 2.00 bits per heavy atom. The summed E-state index contributed by atoms with van der Waals surface area (Å²) in [6.45, 7) is 2.98. The molecule has 0 amide bonds. The Labute approximate surface area is 102 Å². The van der Waals surface area contributed by atoms with Crippen LogP contribution in [-0.4, -0.2) is 37.4 Å². The number of morpholine rings is 1. The quantitative estimate of drug-likeness (QED) is 0.903. The van der Waals surface area contributed by atoms with E-state index in [1.165, 1.54) is 0 Å². The van der Waals surface area contributed by atoms with Crippen LogP contribution in [0.15, 0.2) is 22.7 Å². The number of halogens is 1. The standard InChI is InChI=1S/C11H12BrNO3/c12-9-5-8(11(14)15)6-10(7-9)13-1-3-16-4-2-13/h5-7H,1-4H2,(H,14,15). The summed E-state index contributed by atoms with van der Waals surface area (Å²) >= 11 is 3.33. The fraction of sp³-hybridized carbons (Fsp3) is 0.364. The zero-order chi connectivity index (χ0) is 11.5. The van der Waals surface area contributed by atoms with Crippen LogP contribution in [0.25, 0.3) is 0 Å². The van der Waals surface area contributed by atoms with Crippen molar-refractivity contribution in [2.75, 3.05) is 31.2 Å². The molecule has 5 heteroatoms. The Bertz CT molecular complexity index is 402. The lowest BCUT2D eigenvalue weighted by molar-refractivity contribution is 0.0697. The number of anilines is 1. The second-order valence-corrected chi connectivity index (χ2v) is 4.52. The number of ether oxygens (including phenoxy) is 1. The van der Waals surface area contributed by atoms with Crippen molar-refractivity contribution in [2.45, 2.75) is 0 Å². The molecular formula is C11H12BrNO3. The van der Waals surface area contributed by atoms with Crippen LogP contribution in [0.2, 0.25) is 0 Å². The topological polar surface area (TPSA) is 49.8 Å². The zero-order valence-electron chi connectivity index (χ0n) is 8.65. The largest absolute Gasteiger partial charge is 0.478 e. The molecule has 1 saturated heterocycles. The maximum Gasteiger partial charge on any atom is 0.335 e. The lowest BCUT2D eigenvalue weighted by atomic mass is 10.2. The van der Waals surface area contributed by atoms with Crippen molar-refractivity contribution in [3.63, 3.8) is 0 Å². The van der Waals surface area contributed by atoms with Crippen LogP contribution in [0.1, 0.15) is 10.4 Å². The van der Waals surface area contributed by atoms with E-state index < -0.39 is 5.97 Å². The first-order valence-corrected chi connectivity index (χ1v) is 5.83. The summed E-state index contributed by atoms with van der Waals surface area (Å²) in [6.07, 6.45) is 0. The number of benzene rings is 1. The maximum atomic E-state index is 10.9. The summed E-state index contributed by atoms with van der Waals surface area (Å²) in [5, 5.41) is 8.97. The fourth-order valence-corrected chi connectivity index (χ4v) is 2.18. The molecular weight excluding hydrogens is 274 g/mol. The number of nitrogens with zero attached hydrogens (tertiary/aromatic N) is 1. The zero-order valence-corrected chi connectivity index (χ0v) is 10.2. The average Bonchev–Trinajstić information content (AvgIpc) is 2.29. The Morgan fingerprint density at radius 3 is 2.62 bits per heavy atom. The van der Waals surface area contributed by atoms with Gasteiger partial charge in [0, 0.05) is 23.2 Å². The van der Waals surface area contributed by atoms with Crippen LogP contribution in [0.4, 0.5) is 5.69 Å². The van der Waals surface area contributed by atoms with E-state index >= 15 is 0 Å². The van der Waals surface area contributed by atoms with Gasteiger partial charge in [-0.3, -0.25) is 0 Å². The summed E-state index contributed by atoms with van der Waals surface area (Å²) in [4.78, 5) is 13.0. The third kappa shape index (κ3) is 2.54. The molecule has 86 valence electrons. The van der Waals surface area contributed by atoms with Crippen LogP contribution in [0.3, 0.4) is 0 Å². The van der Waals surface area contributed by atoms with Gasteiger partial charge in [-0.05, 0) is 18.2 Å². The molecule has 1 aromatic rings. The summed E-state index contributed by atoms with van der Waals surface area (Å²) in [5.41, 5.74) is 1.23. The number of carboxylic acids is 1. The van der Waals surface area contributed by atoms with Crippen molar-refractivity contribution >= 4 is 27.6 Å². The van der Waals surface area contributed by atoms with E-state index in [1.807, 2.05) is 6.07 Å². The molecule has 1 aromatic carbocycles. The number of hydrogen-bond donors (Lipinski definition) is 1. The first-order chi connectivity index (χ1) is 7.66. The second kappa shape index (κ2) is 4.84. The molecule has 1 aliphatic rings. The Morgan fingerprint density at radius 1 is 1.31 bits per heavy atom. The summed E-state index contributed by atoms with van der Waals surface area (Å²) in [6, 6.07) is 5.22. The molecule has 0 saturated carbocycles. The molecule has 0 spiro atoms. The van der Waals surface area contributed by atoms with Gasteiger partial charge in [0.1, 0.15) is 0 Å². The molecule has 1 heterocycles. The Kier molecular flexibility index (Phi) is 3.46. The molecule has 1 N–H and O–H groups in total. The monoisotopic (exact) mass is 285 g/mol. The molecule has 0 aliphatic carbocycles. The van der Waals surface area contributed by atoms with E-state index in [-0.39, 0.29) is 0 Å². The van der Waals surface area contributed by atoms with Crippen LogP contribution in [0, 0.1) is 0 Å². The third-order valence-corrected chi connectivity index (χ3v) is 2.96. The lowest BCUT2D eigenvalue weighted by Crippen LogP contribution is -2.36. The molecule has 2 rings (SSSR count). The highest BCUT2D eigenvalue weighted by Crippen LogP contribution is 2.23. The number of carboxylic acid groups (broad SMARTS) is 1. The van der Waals surface area contributed by atoms with Gasteiger partial charge in [-0.1, -0.05) is 15.9 Å². The first kappa shape index (κ1) is 11.4. The van der Waals surface area contributed by atoms with Crippen LogP contribution >= 0.6 is 15.9 Å². The van der Waals surface area contributed by atoms with Crippen LogP contribution in [0.5, 0.6) is 0 Å². The van der Waals surface area contributed by atoms with Gasteiger partial charge < -0.3 is 14.7 Å². The van der Waals surface area contributed by atoms with Gasteiger partial charge in [-0.2, -0.15) is 0 Å². The molecule has 0 radical (unpaired) electrons. The van der Waals surface area contributed by atoms with E-state index in [4.69, 9.17) is 9.84 Å². The van der Waals surface area contributed by atoms with E-state index in [2.05, 4.69) is 20.8 Å². The van der Waals surface area contributed by atoms with Gasteiger partial charge in [0.2, 0.25) is 0 Å². The molecule has 4 nitrogen and oxygen atoms in total. The maximum absolute atomic E-state index is 10.9. The molecule has 16 heavy (non-hydrogen) atoms. The average molecular weight is 286 g/mol. The van der Waals surface area contributed by atoms with Crippen molar-refractivity contribution in [2.24, 2.45) is 0 Å². The van der Waals surface area contributed by atoms with Crippen LogP contribution < -0.4 is 4.90 Å². The minimum Gasteiger partial charge on any atom is -0.478 e. The molecule has 1 aliphatic heterocycles. The summed E-state index contributed by atoms with van der Waals surface area (Å²) in [5.74, 6) is -0.907. The van der Waals surface area contributed by atoms with Gasteiger partial charge in [-0.15, -0.1) is 0 Å². The predicted octanol–water partition coefficient (Wildman–Crippen LogP) is 1.98. The first-order valence-electron chi connectivity index (χ1n) is 5.03. The summed E-state index contributed by atoms with van der Waals surface area (Å²) < 4.78 is 6.05. The van der Waals surface area contributed by atoms with Gasteiger partial charge >= 0.3 is 5.97 Å². The van der Waals surface area contributed by atoms with Crippen molar-refractivity contribution in [1.82, 2.24) is 0 Å². The molecule has 0 atom stereocenters. The number of rotatable bonds is 2. The molecule has 1 fully saturated rings. The minimum absolute atomic E-state index is 0.302. The van der Waals surface area contributed by atoms with E-state index in [9.17, 15) is 4.79 Å². The highest BCUT2D eigenvalue weighted by atomic mass is 79.9. The SMILES string of the molecule is O=C(O)c1cc(Br)cc(N2CCOCC2)c1. The number of hydrogen-bond acceptors (Lipinski definition) is 3. The summed E-state index contributed by atoms with van der Waals surface area (Å²) in [7, 11) is 0. The van der Waals surface area contributed by atoms with Gasteiger partial charge in [0.15, 0.2) is 0 Å². The highest BCUT2D eigenvalue weighted by molar-refractivity contribution is 9.10. The van der Waals surface area contributed by atoms with Gasteiger partial charge in [0.05, 0.1) is 18.8 Å². The van der Waals surface area contributed by atoms with Gasteiger partial charge in [0.25, 0.3) is 0 Å². The van der Waals surface area contributed by atoms with Crippen LogP contribution in [-0.2, 0) is 4.74 Å². The van der Waals surface area contributed by atoms with Gasteiger partial charge in [-0.25, -0.2) is 4.79 Å². The van der Waals surface area contributed by atoms with Crippen molar-refractivity contribution in [1.29, 1.82) is 0 Å². The number of carbonyl (C=O) groups is 1. The Hall–Kier alpha value is -1.07. The van der Waals surface area contributed by atoms with E-state index in [1.54, 1.807) is 12.1 Å². The second-order valence-electron chi connectivity index (χ2n) is 3.60. The van der Waals surface area contributed by atoms with Crippen molar-refractivity contribution < 1.29 is 14.6 Å². The Balaban J connectivity index is 2.28. The lowest BCUT2D eigenvalue weighted by Gasteiger charge is -2.29. The number of aromatic carboxylic acids is 1. The molecule has 0 bridgehead atoms.